The highest BCUT2D eigenvalue weighted by atomic mass is 15.3. The number of aromatic nitrogens is 3. The standard InChI is InChI=1S/C12H15N5/c13-8-10-2-1-3-11(15-10)17-7-6-16-5-4-14-12(16)9-17/h1-5H,6-9,13H2. The highest BCUT2D eigenvalue weighted by molar-refractivity contribution is 5.40. The van der Waals surface area contributed by atoms with Gasteiger partial charge in [0.05, 0.1) is 12.2 Å². The normalized spacial score (nSPS) is 14.8. The van der Waals surface area contributed by atoms with Gasteiger partial charge in [0, 0.05) is 32.0 Å². The molecule has 3 rings (SSSR count). The summed E-state index contributed by atoms with van der Waals surface area (Å²) in [4.78, 5) is 11.1. The predicted molar refractivity (Wildman–Crippen MR) is 65.4 cm³/mol. The third-order valence-corrected chi connectivity index (χ3v) is 3.07. The molecule has 0 atom stereocenters. The minimum atomic E-state index is 0.482. The van der Waals surface area contributed by atoms with E-state index in [1.54, 1.807) is 0 Å². The van der Waals surface area contributed by atoms with Crippen LogP contribution in [0, 0.1) is 0 Å². The molecule has 0 fully saturated rings. The summed E-state index contributed by atoms with van der Waals surface area (Å²) in [5.74, 6) is 2.08. The van der Waals surface area contributed by atoms with E-state index >= 15 is 0 Å². The number of nitrogens with zero attached hydrogens (tertiary/aromatic N) is 4. The molecule has 0 saturated carbocycles. The Morgan fingerprint density at radius 3 is 3.12 bits per heavy atom. The van der Waals surface area contributed by atoms with Crippen LogP contribution in [0.5, 0.6) is 0 Å². The van der Waals surface area contributed by atoms with Crippen molar-refractivity contribution in [1.82, 2.24) is 14.5 Å². The SMILES string of the molecule is NCc1cccc(N2CCn3ccnc3C2)n1. The lowest BCUT2D eigenvalue weighted by molar-refractivity contribution is 0.555. The third kappa shape index (κ3) is 1.89. The Labute approximate surface area is 99.9 Å². The number of anilines is 1. The summed E-state index contributed by atoms with van der Waals surface area (Å²) in [6, 6.07) is 5.98. The molecule has 0 bridgehead atoms. The highest BCUT2D eigenvalue weighted by Crippen LogP contribution is 2.18. The van der Waals surface area contributed by atoms with Crippen molar-refractivity contribution < 1.29 is 0 Å². The number of nitrogens with two attached hydrogens (primary N) is 1. The van der Waals surface area contributed by atoms with E-state index in [-0.39, 0.29) is 0 Å². The number of pyridine rings is 1. The van der Waals surface area contributed by atoms with E-state index < -0.39 is 0 Å². The molecule has 0 unspecified atom stereocenters. The molecule has 0 aliphatic carbocycles. The Morgan fingerprint density at radius 2 is 2.24 bits per heavy atom. The number of hydrogen-bond donors (Lipinski definition) is 1. The number of rotatable bonds is 2. The first-order valence-corrected chi connectivity index (χ1v) is 5.78. The lowest BCUT2D eigenvalue weighted by Gasteiger charge is -2.28. The zero-order valence-corrected chi connectivity index (χ0v) is 9.58. The molecule has 0 aromatic carbocycles. The quantitative estimate of drug-likeness (QED) is 0.825. The van der Waals surface area contributed by atoms with Gasteiger partial charge in [-0.05, 0) is 12.1 Å². The van der Waals surface area contributed by atoms with Crippen molar-refractivity contribution in [2.75, 3.05) is 11.4 Å². The van der Waals surface area contributed by atoms with Crippen LogP contribution < -0.4 is 10.6 Å². The second-order valence-electron chi connectivity index (χ2n) is 4.15. The molecular weight excluding hydrogens is 214 g/mol. The van der Waals surface area contributed by atoms with Gasteiger partial charge < -0.3 is 15.2 Å². The minimum absolute atomic E-state index is 0.482. The van der Waals surface area contributed by atoms with Crippen molar-refractivity contribution in [3.05, 3.63) is 42.1 Å². The fraction of sp³-hybridized carbons (Fsp3) is 0.333. The van der Waals surface area contributed by atoms with Gasteiger partial charge in [-0.2, -0.15) is 0 Å². The number of hydrogen-bond acceptors (Lipinski definition) is 4. The largest absolute Gasteiger partial charge is 0.347 e. The molecule has 1 aliphatic heterocycles. The van der Waals surface area contributed by atoms with E-state index in [2.05, 4.69) is 19.4 Å². The van der Waals surface area contributed by atoms with Gasteiger partial charge in [0.15, 0.2) is 0 Å². The molecule has 3 heterocycles. The van der Waals surface area contributed by atoms with Crippen molar-refractivity contribution in [3.8, 4) is 0 Å². The molecule has 1 aliphatic rings. The monoisotopic (exact) mass is 229 g/mol. The Morgan fingerprint density at radius 1 is 1.29 bits per heavy atom. The first-order valence-electron chi connectivity index (χ1n) is 5.78. The molecular formula is C12H15N5. The molecule has 5 nitrogen and oxygen atoms in total. The maximum atomic E-state index is 5.61. The molecule has 2 N–H and O–H groups in total. The van der Waals surface area contributed by atoms with Crippen LogP contribution in [0.15, 0.2) is 30.6 Å². The lowest BCUT2D eigenvalue weighted by atomic mass is 10.3. The van der Waals surface area contributed by atoms with Gasteiger partial charge in [-0.25, -0.2) is 9.97 Å². The average molecular weight is 229 g/mol. The van der Waals surface area contributed by atoms with Crippen molar-refractivity contribution in [3.63, 3.8) is 0 Å². The zero-order valence-electron chi connectivity index (χ0n) is 9.58. The van der Waals surface area contributed by atoms with Gasteiger partial charge in [-0.1, -0.05) is 6.07 Å². The Hall–Kier alpha value is -1.88. The summed E-state index contributed by atoms with van der Waals surface area (Å²) in [6.45, 7) is 3.22. The second kappa shape index (κ2) is 4.18. The molecule has 0 radical (unpaired) electrons. The molecule has 0 saturated heterocycles. The first-order chi connectivity index (χ1) is 8.36. The first kappa shape index (κ1) is 10.3. The summed E-state index contributed by atoms with van der Waals surface area (Å²) in [5.41, 5.74) is 6.54. The molecule has 0 amide bonds. The van der Waals surface area contributed by atoms with E-state index in [1.807, 2.05) is 30.6 Å². The average Bonchev–Trinajstić information content (AvgIpc) is 2.86. The van der Waals surface area contributed by atoms with Crippen molar-refractivity contribution in [2.45, 2.75) is 19.6 Å². The minimum Gasteiger partial charge on any atom is -0.347 e. The summed E-state index contributed by atoms with van der Waals surface area (Å²) in [7, 11) is 0. The van der Waals surface area contributed by atoms with Crippen LogP contribution in [0.3, 0.4) is 0 Å². The van der Waals surface area contributed by atoms with E-state index in [9.17, 15) is 0 Å². The maximum Gasteiger partial charge on any atom is 0.129 e. The van der Waals surface area contributed by atoms with Gasteiger partial charge in [-0.3, -0.25) is 0 Å². The Balaban J connectivity index is 1.86. The molecule has 0 spiro atoms. The summed E-state index contributed by atoms with van der Waals surface area (Å²) in [5, 5.41) is 0. The van der Waals surface area contributed by atoms with Crippen LogP contribution in [0.25, 0.3) is 0 Å². The van der Waals surface area contributed by atoms with Crippen LogP contribution in [0.2, 0.25) is 0 Å². The van der Waals surface area contributed by atoms with Crippen molar-refractivity contribution in [2.24, 2.45) is 5.73 Å². The molecule has 17 heavy (non-hydrogen) atoms. The van der Waals surface area contributed by atoms with Crippen molar-refractivity contribution in [1.29, 1.82) is 0 Å². The summed E-state index contributed by atoms with van der Waals surface area (Å²) < 4.78 is 2.18. The van der Waals surface area contributed by atoms with Crippen LogP contribution in [-0.4, -0.2) is 21.1 Å². The van der Waals surface area contributed by atoms with E-state index in [0.29, 0.717) is 6.54 Å². The summed E-state index contributed by atoms with van der Waals surface area (Å²) in [6.07, 6.45) is 3.87. The van der Waals surface area contributed by atoms with Gasteiger partial charge in [0.25, 0.3) is 0 Å². The fourth-order valence-corrected chi connectivity index (χ4v) is 2.13. The Kier molecular flexibility index (Phi) is 2.53. The van der Waals surface area contributed by atoms with E-state index in [4.69, 9.17) is 5.73 Å². The smallest absolute Gasteiger partial charge is 0.129 e. The highest BCUT2D eigenvalue weighted by Gasteiger charge is 2.17. The van der Waals surface area contributed by atoms with Gasteiger partial charge in [-0.15, -0.1) is 0 Å². The molecule has 5 heteroatoms. The molecule has 2 aromatic heterocycles. The number of imidazole rings is 1. The van der Waals surface area contributed by atoms with Gasteiger partial charge in [0.2, 0.25) is 0 Å². The molecule has 88 valence electrons. The van der Waals surface area contributed by atoms with Gasteiger partial charge in [0.1, 0.15) is 11.6 Å². The third-order valence-electron chi connectivity index (χ3n) is 3.07. The maximum absolute atomic E-state index is 5.61. The van der Waals surface area contributed by atoms with E-state index in [1.165, 1.54) is 0 Å². The van der Waals surface area contributed by atoms with Gasteiger partial charge >= 0.3 is 0 Å². The van der Waals surface area contributed by atoms with Crippen LogP contribution >= 0.6 is 0 Å². The Bertz CT molecular complexity index is 519. The second-order valence-corrected chi connectivity index (χ2v) is 4.15. The topological polar surface area (TPSA) is 60.0 Å². The fourth-order valence-electron chi connectivity index (χ4n) is 2.13. The van der Waals surface area contributed by atoms with Crippen molar-refractivity contribution >= 4 is 5.82 Å². The van der Waals surface area contributed by atoms with Crippen LogP contribution in [-0.2, 0) is 19.6 Å². The lowest BCUT2D eigenvalue weighted by Crippen LogP contribution is -2.34. The van der Waals surface area contributed by atoms with Crippen LogP contribution in [0.4, 0.5) is 5.82 Å². The van der Waals surface area contributed by atoms with E-state index in [0.717, 1.165) is 37.0 Å². The molecule has 2 aromatic rings. The summed E-state index contributed by atoms with van der Waals surface area (Å²) >= 11 is 0. The van der Waals surface area contributed by atoms with Crippen LogP contribution in [0.1, 0.15) is 11.5 Å². The number of fused-ring (bicyclic) bond motifs is 1. The predicted octanol–water partition coefficient (Wildman–Crippen LogP) is 0.757. The zero-order chi connectivity index (χ0) is 11.7.